The lowest BCUT2D eigenvalue weighted by Crippen LogP contribution is -2.46. The number of nitrogens with zero attached hydrogens (tertiary/aromatic N) is 3. The van der Waals surface area contributed by atoms with Crippen LogP contribution in [0.4, 0.5) is 0 Å². The molecule has 2 rings (SSSR count). The number of aromatic nitrogens is 1. The van der Waals surface area contributed by atoms with Crippen LogP contribution in [0.15, 0.2) is 10.4 Å². The van der Waals surface area contributed by atoms with Gasteiger partial charge in [0.1, 0.15) is 0 Å². The molecule has 0 saturated carbocycles. The maximum Gasteiger partial charge on any atom is 0.308 e. The predicted octanol–water partition coefficient (Wildman–Crippen LogP) is 2.46. The van der Waals surface area contributed by atoms with Gasteiger partial charge in [-0.15, -0.1) is 35.3 Å². The van der Waals surface area contributed by atoms with E-state index in [1.807, 2.05) is 6.92 Å². The molecule has 0 atom stereocenters. The quantitative estimate of drug-likeness (QED) is 0.313. The number of ether oxygens (including phenoxy) is 1. The summed E-state index contributed by atoms with van der Waals surface area (Å²) in [6.07, 6.45) is 2.50. The number of carbonyl (C=O) groups is 1. The van der Waals surface area contributed by atoms with E-state index >= 15 is 0 Å². The van der Waals surface area contributed by atoms with E-state index in [0.717, 1.165) is 62.1 Å². The lowest BCUT2D eigenvalue weighted by molar-refractivity contribution is -0.146. The average molecular weight is 466 g/mol. The number of halogens is 1. The summed E-state index contributed by atoms with van der Waals surface area (Å²) in [7, 11) is 1.46. The zero-order valence-corrected chi connectivity index (χ0v) is 17.7. The summed E-state index contributed by atoms with van der Waals surface area (Å²) in [5.74, 6) is 0.866. The normalized spacial score (nSPS) is 15.8. The van der Waals surface area contributed by atoms with Crippen LogP contribution in [0.2, 0.25) is 0 Å². The van der Waals surface area contributed by atoms with Crippen molar-refractivity contribution in [3.63, 3.8) is 0 Å². The van der Waals surface area contributed by atoms with Gasteiger partial charge >= 0.3 is 5.97 Å². The molecule has 8 heteroatoms. The van der Waals surface area contributed by atoms with Crippen molar-refractivity contribution >= 4 is 47.2 Å². The number of carbonyl (C=O) groups excluding carboxylic acids is 1. The Bertz CT molecular complexity index is 542. The first-order valence-corrected chi connectivity index (χ1v) is 9.04. The van der Waals surface area contributed by atoms with Gasteiger partial charge in [0, 0.05) is 38.0 Å². The minimum absolute atomic E-state index is 0. The number of aliphatic imine (C=N–C) groups is 1. The molecule has 0 bridgehead atoms. The summed E-state index contributed by atoms with van der Waals surface area (Å²) in [6.45, 7) is 7.32. The largest absolute Gasteiger partial charge is 0.469 e. The summed E-state index contributed by atoms with van der Waals surface area (Å²) in [5.41, 5.74) is 1.11. The summed E-state index contributed by atoms with van der Waals surface area (Å²) in [4.78, 5) is 23.0. The van der Waals surface area contributed by atoms with Crippen molar-refractivity contribution in [2.24, 2.45) is 10.9 Å². The molecule has 0 aromatic carbocycles. The fraction of sp³-hybridized carbons (Fsp3) is 0.688. The van der Waals surface area contributed by atoms with Crippen LogP contribution in [0.3, 0.4) is 0 Å². The Morgan fingerprint density at radius 2 is 2.21 bits per heavy atom. The molecule has 0 spiro atoms. The van der Waals surface area contributed by atoms with Crippen molar-refractivity contribution in [1.82, 2.24) is 15.2 Å². The molecule has 136 valence electrons. The van der Waals surface area contributed by atoms with Gasteiger partial charge in [-0.1, -0.05) is 0 Å². The fourth-order valence-electron chi connectivity index (χ4n) is 2.72. The molecule has 1 aromatic heterocycles. The van der Waals surface area contributed by atoms with Gasteiger partial charge in [-0.25, -0.2) is 4.98 Å². The van der Waals surface area contributed by atoms with Crippen molar-refractivity contribution in [1.29, 1.82) is 0 Å². The fourth-order valence-corrected chi connectivity index (χ4v) is 3.37. The van der Waals surface area contributed by atoms with Crippen LogP contribution in [0.5, 0.6) is 0 Å². The molecule has 6 nitrogen and oxygen atoms in total. The second-order valence-corrected chi connectivity index (χ2v) is 6.69. The van der Waals surface area contributed by atoms with E-state index in [1.54, 1.807) is 11.3 Å². The van der Waals surface area contributed by atoms with Gasteiger partial charge in [-0.2, -0.15) is 0 Å². The Morgan fingerprint density at radius 3 is 2.75 bits per heavy atom. The molecule has 1 aliphatic rings. The first-order valence-electron chi connectivity index (χ1n) is 8.16. The van der Waals surface area contributed by atoms with Crippen molar-refractivity contribution in [3.8, 4) is 0 Å². The molecular formula is C16H27IN4O2S. The number of rotatable bonds is 5. The van der Waals surface area contributed by atoms with E-state index in [4.69, 9.17) is 9.73 Å². The molecule has 1 aliphatic heterocycles. The Kier molecular flexibility index (Phi) is 9.57. The van der Waals surface area contributed by atoms with E-state index < -0.39 is 0 Å². The van der Waals surface area contributed by atoms with Crippen LogP contribution in [0, 0.1) is 12.8 Å². The molecule has 1 fully saturated rings. The Morgan fingerprint density at radius 1 is 1.50 bits per heavy atom. The van der Waals surface area contributed by atoms with Gasteiger partial charge in [0.2, 0.25) is 0 Å². The molecule has 1 N–H and O–H groups in total. The third kappa shape index (κ3) is 6.19. The standard InChI is InChI=1S/C16H26N4O2S.HI/c1-4-17-16(18-8-5-14-11-23-12(2)19-14)20-9-6-13(7-10-20)15(21)22-3;/h11,13H,4-10H2,1-3H3,(H,17,18);1H. The summed E-state index contributed by atoms with van der Waals surface area (Å²) < 4.78 is 4.84. The molecule has 0 aliphatic carbocycles. The van der Waals surface area contributed by atoms with Crippen molar-refractivity contribution in [2.75, 3.05) is 33.3 Å². The maximum absolute atomic E-state index is 11.6. The van der Waals surface area contributed by atoms with Gasteiger partial charge < -0.3 is 15.0 Å². The summed E-state index contributed by atoms with van der Waals surface area (Å²) in [5, 5.41) is 6.54. The van der Waals surface area contributed by atoms with E-state index in [0.29, 0.717) is 0 Å². The lowest BCUT2D eigenvalue weighted by Gasteiger charge is -2.33. The average Bonchev–Trinajstić information content (AvgIpc) is 2.99. The number of nitrogens with one attached hydrogen (secondary N) is 1. The number of aryl methyl sites for hydroxylation is 1. The lowest BCUT2D eigenvalue weighted by atomic mass is 9.97. The zero-order valence-electron chi connectivity index (χ0n) is 14.6. The topological polar surface area (TPSA) is 66.8 Å². The first-order chi connectivity index (χ1) is 11.1. The molecule has 0 amide bonds. The number of esters is 1. The highest BCUT2D eigenvalue weighted by Gasteiger charge is 2.26. The minimum Gasteiger partial charge on any atom is -0.469 e. The number of thiazole rings is 1. The maximum atomic E-state index is 11.6. The first kappa shape index (κ1) is 21.1. The van der Waals surface area contributed by atoms with Gasteiger partial charge in [-0.3, -0.25) is 9.79 Å². The third-order valence-electron chi connectivity index (χ3n) is 3.96. The third-order valence-corrected chi connectivity index (χ3v) is 4.78. The molecule has 0 radical (unpaired) electrons. The summed E-state index contributed by atoms with van der Waals surface area (Å²) in [6, 6.07) is 0. The van der Waals surface area contributed by atoms with E-state index in [1.165, 1.54) is 7.11 Å². The highest BCUT2D eigenvalue weighted by molar-refractivity contribution is 14.0. The van der Waals surface area contributed by atoms with Crippen molar-refractivity contribution in [3.05, 3.63) is 16.1 Å². The molecule has 2 heterocycles. The number of methoxy groups -OCH3 is 1. The number of hydrogen-bond acceptors (Lipinski definition) is 5. The van der Waals surface area contributed by atoms with E-state index in [-0.39, 0.29) is 35.9 Å². The number of hydrogen-bond donors (Lipinski definition) is 1. The highest BCUT2D eigenvalue weighted by Crippen LogP contribution is 2.18. The van der Waals surface area contributed by atoms with E-state index in [9.17, 15) is 4.79 Å². The van der Waals surface area contributed by atoms with Crippen LogP contribution in [0.25, 0.3) is 0 Å². The molecule has 24 heavy (non-hydrogen) atoms. The Hall–Kier alpha value is -0.900. The number of guanidine groups is 1. The van der Waals surface area contributed by atoms with Crippen molar-refractivity contribution < 1.29 is 9.53 Å². The minimum atomic E-state index is -0.0921. The second-order valence-electron chi connectivity index (χ2n) is 5.63. The highest BCUT2D eigenvalue weighted by atomic mass is 127. The predicted molar refractivity (Wildman–Crippen MR) is 108 cm³/mol. The van der Waals surface area contributed by atoms with Gasteiger partial charge in [-0.05, 0) is 26.7 Å². The van der Waals surface area contributed by atoms with Gasteiger partial charge in [0.15, 0.2) is 5.96 Å². The van der Waals surface area contributed by atoms with E-state index in [2.05, 4.69) is 27.5 Å². The number of piperidine rings is 1. The van der Waals surface area contributed by atoms with Crippen LogP contribution in [0.1, 0.15) is 30.5 Å². The zero-order chi connectivity index (χ0) is 16.7. The van der Waals surface area contributed by atoms with Crippen LogP contribution < -0.4 is 5.32 Å². The number of likely N-dealkylation sites (tertiary alicyclic amines) is 1. The van der Waals surface area contributed by atoms with Gasteiger partial charge in [0.05, 0.1) is 23.7 Å². The molecule has 1 aromatic rings. The Labute approximate surface area is 165 Å². The monoisotopic (exact) mass is 466 g/mol. The van der Waals surface area contributed by atoms with Crippen molar-refractivity contribution in [2.45, 2.75) is 33.1 Å². The smallest absolute Gasteiger partial charge is 0.308 e. The molecular weight excluding hydrogens is 439 g/mol. The SMILES string of the molecule is CCNC(=NCCc1csc(C)n1)N1CCC(C(=O)OC)CC1.I. The van der Waals surface area contributed by atoms with Gasteiger partial charge in [0.25, 0.3) is 0 Å². The van der Waals surface area contributed by atoms with Crippen LogP contribution in [-0.2, 0) is 16.0 Å². The second kappa shape index (κ2) is 10.9. The van der Waals surface area contributed by atoms with Crippen LogP contribution >= 0.6 is 35.3 Å². The molecule has 0 unspecified atom stereocenters. The summed E-state index contributed by atoms with van der Waals surface area (Å²) >= 11 is 1.68. The van der Waals surface area contributed by atoms with Crippen LogP contribution in [-0.4, -0.2) is 55.1 Å². The Balaban J connectivity index is 0.00000288. The molecule has 1 saturated heterocycles.